The van der Waals surface area contributed by atoms with E-state index >= 15 is 4.39 Å². The average Bonchev–Trinajstić information content (AvgIpc) is 3.10. The zero-order chi connectivity index (χ0) is 23.9. The molecular formula is C27H27ClF2N2O. The minimum Gasteiger partial charge on any atom is -0.368 e. The van der Waals surface area contributed by atoms with E-state index in [-0.39, 0.29) is 17.5 Å². The van der Waals surface area contributed by atoms with Crippen LogP contribution in [0.3, 0.4) is 0 Å². The van der Waals surface area contributed by atoms with Crippen LogP contribution in [0.1, 0.15) is 50.6 Å². The highest BCUT2D eigenvalue weighted by atomic mass is 35.5. The van der Waals surface area contributed by atoms with E-state index in [4.69, 9.17) is 21.3 Å². The molecular weight excluding hydrogens is 442 g/mol. The predicted molar refractivity (Wildman–Crippen MR) is 130 cm³/mol. The van der Waals surface area contributed by atoms with Crippen molar-refractivity contribution in [1.29, 1.82) is 0 Å². The Morgan fingerprint density at radius 1 is 1.06 bits per heavy atom. The summed E-state index contributed by atoms with van der Waals surface area (Å²) in [6.45, 7) is 10.4. The van der Waals surface area contributed by atoms with Gasteiger partial charge in [-0.3, -0.25) is 0 Å². The van der Waals surface area contributed by atoms with Gasteiger partial charge in [-0.2, -0.15) is 0 Å². The summed E-state index contributed by atoms with van der Waals surface area (Å²) in [5.74, 6) is -0.673. The number of rotatable bonds is 5. The lowest BCUT2D eigenvalue weighted by Crippen LogP contribution is -2.22. The molecule has 6 heteroatoms. The Morgan fingerprint density at radius 3 is 2.39 bits per heavy atom. The molecule has 0 radical (unpaired) electrons. The molecule has 2 heterocycles. The molecule has 3 nitrogen and oxygen atoms in total. The molecule has 0 aliphatic heterocycles. The summed E-state index contributed by atoms with van der Waals surface area (Å²) in [6, 6.07) is 13.1. The highest BCUT2D eigenvalue weighted by molar-refractivity contribution is 6.30. The van der Waals surface area contributed by atoms with Crippen LogP contribution >= 0.6 is 11.6 Å². The van der Waals surface area contributed by atoms with E-state index < -0.39 is 5.82 Å². The maximum Gasteiger partial charge on any atom is 0.141 e. The van der Waals surface area contributed by atoms with Gasteiger partial charge in [-0.05, 0) is 76.6 Å². The van der Waals surface area contributed by atoms with Crippen molar-refractivity contribution in [3.05, 3.63) is 88.2 Å². The van der Waals surface area contributed by atoms with Gasteiger partial charge in [0.25, 0.3) is 0 Å². The summed E-state index contributed by atoms with van der Waals surface area (Å²) in [7, 11) is 0. The Morgan fingerprint density at radius 2 is 1.76 bits per heavy atom. The predicted octanol–water partition coefficient (Wildman–Crippen LogP) is 7.87. The third kappa shape index (κ3) is 4.94. The second kappa shape index (κ2) is 8.88. The van der Waals surface area contributed by atoms with Gasteiger partial charge in [0.05, 0.1) is 11.7 Å². The quantitative estimate of drug-likeness (QED) is 0.298. The maximum atomic E-state index is 15.2. The second-order valence-electron chi connectivity index (χ2n) is 9.29. The highest BCUT2D eigenvalue weighted by Crippen LogP contribution is 2.40. The summed E-state index contributed by atoms with van der Waals surface area (Å²) < 4.78 is 36.8. The smallest absolute Gasteiger partial charge is 0.141 e. The van der Waals surface area contributed by atoms with Crippen LogP contribution < -0.4 is 0 Å². The molecule has 0 saturated heterocycles. The van der Waals surface area contributed by atoms with Gasteiger partial charge >= 0.3 is 0 Å². The lowest BCUT2D eigenvalue weighted by Gasteiger charge is -2.28. The lowest BCUT2D eigenvalue weighted by atomic mass is 9.92. The number of aromatic nitrogens is 2. The highest BCUT2D eigenvalue weighted by Gasteiger charge is 2.26. The zero-order valence-electron chi connectivity index (χ0n) is 19.4. The molecule has 0 spiro atoms. The van der Waals surface area contributed by atoms with Crippen molar-refractivity contribution in [3.8, 4) is 11.1 Å². The SMILES string of the molecule is Cc1nc2c(ccn2Cc2ccc(F)cc2)c(-c2ccc(Cl)cc2F)c1C(C)OC(C)(C)C. The van der Waals surface area contributed by atoms with Gasteiger partial charge in [0, 0.05) is 45.5 Å². The minimum atomic E-state index is -0.398. The van der Waals surface area contributed by atoms with Gasteiger partial charge < -0.3 is 9.30 Å². The van der Waals surface area contributed by atoms with E-state index in [2.05, 4.69) is 0 Å². The first-order valence-corrected chi connectivity index (χ1v) is 11.3. The number of nitrogens with zero attached hydrogens (tertiary/aromatic N) is 2. The molecule has 2 aromatic carbocycles. The van der Waals surface area contributed by atoms with Crippen molar-refractivity contribution in [3.63, 3.8) is 0 Å². The van der Waals surface area contributed by atoms with Gasteiger partial charge in [-0.1, -0.05) is 23.7 Å². The summed E-state index contributed by atoms with van der Waals surface area (Å²) in [6.07, 6.45) is 1.61. The molecule has 0 amide bonds. The molecule has 0 saturated carbocycles. The molecule has 4 rings (SSSR count). The molecule has 2 aromatic heterocycles. The fraction of sp³-hybridized carbons (Fsp3) is 0.296. The fourth-order valence-electron chi connectivity index (χ4n) is 4.31. The van der Waals surface area contributed by atoms with Gasteiger partial charge in [-0.25, -0.2) is 13.8 Å². The van der Waals surface area contributed by atoms with Crippen LogP contribution in [-0.2, 0) is 11.3 Å². The summed E-state index contributed by atoms with van der Waals surface area (Å²) in [5.41, 5.74) is 4.11. The largest absolute Gasteiger partial charge is 0.368 e. The molecule has 172 valence electrons. The Kier molecular flexibility index (Phi) is 6.30. The normalized spacial score (nSPS) is 13.0. The van der Waals surface area contributed by atoms with E-state index in [1.807, 2.05) is 51.4 Å². The van der Waals surface area contributed by atoms with E-state index in [0.29, 0.717) is 17.1 Å². The summed E-state index contributed by atoms with van der Waals surface area (Å²) >= 11 is 6.04. The van der Waals surface area contributed by atoms with Crippen LogP contribution in [0.25, 0.3) is 22.2 Å². The second-order valence-corrected chi connectivity index (χ2v) is 9.73. The maximum absolute atomic E-state index is 15.2. The van der Waals surface area contributed by atoms with Crippen LogP contribution in [-0.4, -0.2) is 15.2 Å². The van der Waals surface area contributed by atoms with Crippen molar-refractivity contribution >= 4 is 22.6 Å². The Labute approximate surface area is 198 Å². The van der Waals surface area contributed by atoms with Crippen LogP contribution in [0, 0.1) is 18.6 Å². The molecule has 0 aliphatic rings. The number of aryl methyl sites for hydroxylation is 1. The molecule has 4 aromatic rings. The van der Waals surface area contributed by atoms with Gasteiger partial charge in [0.1, 0.15) is 17.3 Å². The van der Waals surface area contributed by atoms with Crippen LogP contribution in [0.5, 0.6) is 0 Å². The lowest BCUT2D eigenvalue weighted by molar-refractivity contribution is -0.0530. The van der Waals surface area contributed by atoms with Gasteiger partial charge in [-0.15, -0.1) is 0 Å². The zero-order valence-corrected chi connectivity index (χ0v) is 20.2. The molecule has 0 N–H and O–H groups in total. The third-order valence-corrected chi connectivity index (χ3v) is 5.77. The van der Waals surface area contributed by atoms with E-state index in [0.717, 1.165) is 33.4 Å². The molecule has 33 heavy (non-hydrogen) atoms. The van der Waals surface area contributed by atoms with E-state index in [9.17, 15) is 4.39 Å². The number of ether oxygens (including phenoxy) is 1. The molecule has 0 fully saturated rings. The first-order chi connectivity index (χ1) is 15.5. The van der Waals surface area contributed by atoms with Crippen molar-refractivity contribution in [2.75, 3.05) is 0 Å². The number of hydrogen-bond acceptors (Lipinski definition) is 2. The monoisotopic (exact) mass is 468 g/mol. The van der Waals surface area contributed by atoms with Gasteiger partial charge in [0.15, 0.2) is 0 Å². The molecule has 1 unspecified atom stereocenters. The first kappa shape index (κ1) is 23.4. The minimum absolute atomic E-state index is 0.275. The Bertz CT molecular complexity index is 1310. The Balaban J connectivity index is 1.93. The number of hydrogen-bond donors (Lipinski definition) is 0. The summed E-state index contributed by atoms with van der Waals surface area (Å²) in [5, 5.41) is 1.16. The summed E-state index contributed by atoms with van der Waals surface area (Å²) in [4.78, 5) is 4.89. The van der Waals surface area contributed by atoms with Gasteiger partial charge in [0.2, 0.25) is 0 Å². The number of benzene rings is 2. The van der Waals surface area contributed by atoms with Crippen molar-refractivity contribution in [2.24, 2.45) is 0 Å². The van der Waals surface area contributed by atoms with Crippen LogP contribution in [0.15, 0.2) is 54.7 Å². The molecule has 0 aliphatic carbocycles. The molecule has 1 atom stereocenters. The number of halogens is 3. The third-order valence-electron chi connectivity index (χ3n) is 5.54. The topological polar surface area (TPSA) is 27.1 Å². The standard InChI is InChI=1S/C27H27ClF2N2O/c1-16-24(17(2)33-27(3,4)5)25(21-11-8-19(28)14-23(21)30)22-12-13-32(26(22)31-16)15-18-6-9-20(29)10-7-18/h6-14,17H,15H2,1-5H3. The average molecular weight is 469 g/mol. The van der Waals surface area contributed by atoms with Crippen molar-refractivity contribution < 1.29 is 13.5 Å². The van der Waals surface area contributed by atoms with Crippen molar-refractivity contribution in [2.45, 2.75) is 52.9 Å². The van der Waals surface area contributed by atoms with E-state index in [1.165, 1.54) is 18.2 Å². The molecule has 0 bridgehead atoms. The van der Waals surface area contributed by atoms with Crippen LogP contribution in [0.2, 0.25) is 5.02 Å². The first-order valence-electron chi connectivity index (χ1n) is 10.9. The Hall–Kier alpha value is -2.76. The number of pyridine rings is 1. The van der Waals surface area contributed by atoms with E-state index in [1.54, 1.807) is 24.3 Å². The van der Waals surface area contributed by atoms with Crippen molar-refractivity contribution in [1.82, 2.24) is 9.55 Å². The number of fused-ring (bicyclic) bond motifs is 1. The van der Waals surface area contributed by atoms with Crippen LogP contribution in [0.4, 0.5) is 8.78 Å². The fourth-order valence-corrected chi connectivity index (χ4v) is 4.47.